The molecule has 1 fully saturated rings. The van der Waals surface area contributed by atoms with Gasteiger partial charge in [-0.2, -0.15) is 0 Å². The summed E-state index contributed by atoms with van der Waals surface area (Å²) in [7, 11) is 0. The van der Waals surface area contributed by atoms with Crippen LogP contribution in [0.3, 0.4) is 0 Å². The number of aliphatic hydroxyl groups is 1. The Hall–Kier alpha value is -2.93. The molecule has 7 nitrogen and oxygen atoms in total. The number of carbonyl (C=O) groups is 3. The van der Waals surface area contributed by atoms with E-state index in [0.717, 1.165) is 55.4 Å². The van der Waals surface area contributed by atoms with Crippen molar-refractivity contribution < 1.29 is 29.0 Å². The van der Waals surface area contributed by atoms with Crippen LogP contribution in [-0.2, 0) is 25.5 Å². The fourth-order valence-corrected chi connectivity index (χ4v) is 4.47. The van der Waals surface area contributed by atoms with Crippen LogP contribution in [0.25, 0.3) is 0 Å². The molecule has 3 rings (SSSR count). The number of rotatable bonds is 13. The monoisotopic (exact) mass is 483 g/mol. The molecule has 0 aromatic heterocycles. The minimum atomic E-state index is -0.962. The van der Waals surface area contributed by atoms with Gasteiger partial charge < -0.3 is 14.6 Å². The topological polar surface area (TPSA) is 93.1 Å². The second-order valence-electron chi connectivity index (χ2n) is 9.29. The molecule has 0 radical (unpaired) electrons. The first kappa shape index (κ1) is 26.7. The smallest absolute Gasteiger partial charge is 0.416 e. The Morgan fingerprint density at radius 1 is 1.06 bits per heavy atom. The zero-order chi connectivity index (χ0) is 25.0. The summed E-state index contributed by atoms with van der Waals surface area (Å²) in [5.74, 6) is -0.971. The van der Waals surface area contributed by atoms with Crippen molar-refractivity contribution in [1.82, 2.24) is 4.90 Å². The number of ketones is 1. The largest absolute Gasteiger partial charge is 0.482 e. The summed E-state index contributed by atoms with van der Waals surface area (Å²) in [5, 5.41) is 8.81. The van der Waals surface area contributed by atoms with Gasteiger partial charge in [0.05, 0.1) is 12.0 Å². The van der Waals surface area contributed by atoms with Gasteiger partial charge in [0.25, 0.3) is 0 Å². The van der Waals surface area contributed by atoms with E-state index < -0.39 is 30.1 Å². The van der Waals surface area contributed by atoms with E-state index in [1.807, 2.05) is 36.4 Å². The lowest BCUT2D eigenvalue weighted by molar-refractivity contribution is -0.142. The van der Waals surface area contributed by atoms with Gasteiger partial charge in [-0.1, -0.05) is 62.4 Å². The van der Waals surface area contributed by atoms with Gasteiger partial charge in [-0.15, -0.1) is 0 Å². The molecule has 7 heteroatoms. The maximum atomic E-state index is 13.3. The average Bonchev–Trinajstić information content (AvgIpc) is 3.23. The fraction of sp³-hybridized carbons (Fsp3) is 0.536. The Morgan fingerprint density at radius 2 is 1.74 bits per heavy atom. The van der Waals surface area contributed by atoms with Crippen molar-refractivity contribution >= 4 is 17.8 Å². The number of hydrogen-bond acceptors (Lipinski definition) is 6. The number of hydrogen-bond donors (Lipinski definition) is 1. The third-order valence-electron chi connectivity index (χ3n) is 6.52. The number of cyclic esters (lactones) is 1. The van der Waals surface area contributed by atoms with E-state index in [1.165, 1.54) is 12.5 Å². The van der Waals surface area contributed by atoms with Crippen molar-refractivity contribution in [3.63, 3.8) is 0 Å². The van der Waals surface area contributed by atoms with E-state index in [9.17, 15) is 14.4 Å². The van der Waals surface area contributed by atoms with Gasteiger partial charge in [0.15, 0.2) is 11.9 Å². The Labute approximate surface area is 207 Å². The molecular formula is C28H37NO6. The van der Waals surface area contributed by atoms with Crippen molar-refractivity contribution in [3.05, 3.63) is 59.9 Å². The van der Waals surface area contributed by atoms with Crippen LogP contribution in [0.1, 0.15) is 63.9 Å². The minimum Gasteiger partial charge on any atom is -0.482 e. The molecule has 2 aliphatic heterocycles. The fourth-order valence-electron chi connectivity index (χ4n) is 4.47. The van der Waals surface area contributed by atoms with Crippen LogP contribution < -0.4 is 0 Å². The minimum absolute atomic E-state index is 0.137. The molecule has 3 atom stereocenters. The van der Waals surface area contributed by atoms with Crippen molar-refractivity contribution in [1.29, 1.82) is 0 Å². The molecule has 0 saturated carbocycles. The summed E-state index contributed by atoms with van der Waals surface area (Å²) in [6.45, 7) is 2.03. The molecule has 2 aliphatic rings. The summed E-state index contributed by atoms with van der Waals surface area (Å²) in [5.41, 5.74) is 1.00. The number of benzene rings is 1. The van der Waals surface area contributed by atoms with E-state index in [0.29, 0.717) is 12.2 Å². The highest BCUT2D eigenvalue weighted by Crippen LogP contribution is 2.26. The Balaban J connectivity index is 1.52. The highest BCUT2D eigenvalue weighted by atomic mass is 16.6. The SMILES string of the molecule is CC(C(=O)N1C(=O)OCC1Cc1ccccc1)C1OC(=CCCCCCCCCCO)C=CC1=O. The number of allylic oxidation sites excluding steroid dienone is 2. The molecular weight excluding hydrogens is 446 g/mol. The third-order valence-corrected chi connectivity index (χ3v) is 6.52. The Bertz CT molecular complexity index is 909. The van der Waals surface area contributed by atoms with E-state index in [2.05, 4.69) is 0 Å². The Morgan fingerprint density at radius 3 is 2.46 bits per heavy atom. The molecule has 2 amide bonds. The van der Waals surface area contributed by atoms with Crippen LogP contribution in [-0.4, -0.2) is 53.1 Å². The first-order chi connectivity index (χ1) is 17.0. The molecule has 0 bridgehead atoms. The molecule has 0 spiro atoms. The quantitative estimate of drug-likeness (QED) is 0.408. The molecule has 190 valence electrons. The van der Waals surface area contributed by atoms with Crippen molar-refractivity contribution in [2.75, 3.05) is 13.2 Å². The summed E-state index contributed by atoms with van der Waals surface area (Å²) in [6.07, 6.45) is 12.3. The third kappa shape index (κ3) is 7.79. The van der Waals surface area contributed by atoms with E-state index in [-0.39, 0.29) is 19.0 Å². The molecule has 1 aromatic rings. The Kier molecular flexibility index (Phi) is 10.5. The van der Waals surface area contributed by atoms with Crippen molar-refractivity contribution in [2.24, 2.45) is 5.92 Å². The van der Waals surface area contributed by atoms with Crippen molar-refractivity contribution in [2.45, 2.75) is 76.9 Å². The zero-order valence-electron chi connectivity index (χ0n) is 20.6. The highest BCUT2D eigenvalue weighted by molar-refractivity contribution is 6.01. The van der Waals surface area contributed by atoms with Gasteiger partial charge in [0.1, 0.15) is 12.4 Å². The van der Waals surface area contributed by atoms with Gasteiger partial charge in [0.2, 0.25) is 5.91 Å². The average molecular weight is 484 g/mol. The van der Waals surface area contributed by atoms with Crippen LogP contribution in [0.15, 0.2) is 54.3 Å². The van der Waals surface area contributed by atoms with Crippen LogP contribution in [0.5, 0.6) is 0 Å². The van der Waals surface area contributed by atoms with Gasteiger partial charge in [-0.25, -0.2) is 9.69 Å². The number of imide groups is 1. The van der Waals surface area contributed by atoms with Crippen LogP contribution in [0.2, 0.25) is 0 Å². The molecule has 2 heterocycles. The van der Waals surface area contributed by atoms with Crippen molar-refractivity contribution in [3.8, 4) is 0 Å². The molecule has 0 aliphatic carbocycles. The highest BCUT2D eigenvalue weighted by Gasteiger charge is 2.43. The lowest BCUT2D eigenvalue weighted by atomic mass is 9.96. The van der Waals surface area contributed by atoms with E-state index >= 15 is 0 Å². The predicted octanol–water partition coefficient (Wildman–Crippen LogP) is 4.73. The van der Waals surface area contributed by atoms with E-state index in [1.54, 1.807) is 13.0 Å². The van der Waals surface area contributed by atoms with E-state index in [4.69, 9.17) is 14.6 Å². The number of unbranched alkanes of at least 4 members (excludes halogenated alkanes) is 7. The molecule has 1 saturated heterocycles. The lowest BCUT2D eigenvalue weighted by Gasteiger charge is -2.29. The first-order valence-corrected chi connectivity index (χ1v) is 12.7. The maximum absolute atomic E-state index is 13.3. The van der Waals surface area contributed by atoms with Gasteiger partial charge >= 0.3 is 6.09 Å². The normalized spacial score (nSPS) is 21.8. The van der Waals surface area contributed by atoms with Crippen LogP contribution >= 0.6 is 0 Å². The molecule has 3 unspecified atom stereocenters. The molecule has 35 heavy (non-hydrogen) atoms. The number of amides is 2. The second kappa shape index (κ2) is 13.8. The van der Waals surface area contributed by atoms with Crippen LogP contribution in [0.4, 0.5) is 4.79 Å². The maximum Gasteiger partial charge on any atom is 0.416 e. The predicted molar refractivity (Wildman–Crippen MR) is 132 cm³/mol. The standard InChI is InChI=1S/C28H37NO6/c1-21(27(32)29-23(20-34-28(29)33)19-22-13-9-8-10-14-22)26-25(31)17-16-24(35-26)15-11-6-4-2-3-5-7-12-18-30/h8-10,13-17,21,23,26,30H,2-7,11-12,18-20H2,1H3. The number of aliphatic hydroxyl groups excluding tert-OH is 1. The summed E-state index contributed by atoms with van der Waals surface area (Å²) >= 11 is 0. The lowest BCUT2D eigenvalue weighted by Crippen LogP contribution is -2.48. The van der Waals surface area contributed by atoms with Gasteiger partial charge in [-0.3, -0.25) is 9.59 Å². The molecule has 1 N–H and O–H groups in total. The van der Waals surface area contributed by atoms with Gasteiger partial charge in [-0.05, 0) is 56.4 Å². The summed E-state index contributed by atoms with van der Waals surface area (Å²) in [4.78, 5) is 39.3. The first-order valence-electron chi connectivity index (χ1n) is 12.7. The number of carbonyl (C=O) groups excluding carboxylic acids is 3. The molecule has 1 aromatic carbocycles. The summed E-state index contributed by atoms with van der Waals surface area (Å²) in [6, 6.07) is 9.22. The van der Waals surface area contributed by atoms with Gasteiger partial charge in [0, 0.05) is 6.61 Å². The summed E-state index contributed by atoms with van der Waals surface area (Å²) < 4.78 is 11.1. The number of ether oxygens (including phenoxy) is 2. The zero-order valence-corrected chi connectivity index (χ0v) is 20.6. The number of nitrogens with zero attached hydrogens (tertiary/aromatic N) is 1. The second-order valence-corrected chi connectivity index (χ2v) is 9.29. The van der Waals surface area contributed by atoms with Crippen LogP contribution in [0, 0.1) is 5.92 Å².